The molecule has 28 heavy (non-hydrogen) atoms. The number of phenolic OH excluding ortho intramolecular Hbond substituents is 1. The van der Waals surface area contributed by atoms with Crippen LogP contribution in [0.3, 0.4) is 0 Å². The lowest BCUT2D eigenvalue weighted by molar-refractivity contribution is 0.454. The first-order valence-corrected chi connectivity index (χ1v) is 11.0. The molecular formula is C18H22BrClN4O3S. The van der Waals surface area contributed by atoms with Crippen molar-refractivity contribution in [3.8, 4) is 5.75 Å². The van der Waals surface area contributed by atoms with Crippen molar-refractivity contribution < 1.29 is 13.5 Å². The van der Waals surface area contributed by atoms with Gasteiger partial charge >= 0.3 is 0 Å². The van der Waals surface area contributed by atoms with Crippen LogP contribution in [0.25, 0.3) is 0 Å². The van der Waals surface area contributed by atoms with E-state index in [4.69, 9.17) is 17.3 Å². The molecule has 2 aromatic rings. The number of rotatable bonds is 6. The third kappa shape index (κ3) is 4.43. The summed E-state index contributed by atoms with van der Waals surface area (Å²) in [6.45, 7) is 2.44. The Hall–Kier alpha value is -1.81. The van der Waals surface area contributed by atoms with E-state index >= 15 is 0 Å². The Bertz CT molecular complexity index is 996. The van der Waals surface area contributed by atoms with Crippen LogP contribution >= 0.6 is 27.5 Å². The highest BCUT2D eigenvalue weighted by atomic mass is 79.9. The molecule has 3 N–H and O–H groups in total. The average molecular weight is 490 g/mol. The Balaban J connectivity index is 2.80. The van der Waals surface area contributed by atoms with E-state index in [0.29, 0.717) is 16.7 Å². The van der Waals surface area contributed by atoms with Crippen molar-refractivity contribution in [2.45, 2.75) is 18.2 Å². The van der Waals surface area contributed by atoms with Gasteiger partial charge in [0.25, 0.3) is 0 Å². The van der Waals surface area contributed by atoms with Crippen LogP contribution in [-0.4, -0.2) is 44.4 Å². The molecule has 7 nitrogen and oxygen atoms in total. The maximum Gasteiger partial charge on any atom is 0.247 e. The monoisotopic (exact) mass is 488 g/mol. The highest BCUT2D eigenvalue weighted by Gasteiger charge is 2.30. The summed E-state index contributed by atoms with van der Waals surface area (Å²) in [5.74, 6) is -0.397. The number of guanidine groups is 1. The van der Waals surface area contributed by atoms with Crippen molar-refractivity contribution in [3.63, 3.8) is 0 Å². The van der Waals surface area contributed by atoms with Crippen LogP contribution in [0.1, 0.15) is 13.3 Å². The molecule has 152 valence electrons. The van der Waals surface area contributed by atoms with Crippen LogP contribution in [0.15, 0.2) is 50.8 Å². The number of phenols is 1. The standard InChI is InChI=1S/C18H22BrClN4O3S/c1-4-11-22-18(21)24(14-8-6-5-7-12(14)19)15-10-9-13(20)17(16(15)25)28(26,27)23(2)3/h5-10,25H,4,11H2,1-3H3,(H2,21,22). The van der Waals surface area contributed by atoms with E-state index in [1.165, 1.54) is 31.1 Å². The van der Waals surface area contributed by atoms with Crippen molar-refractivity contribution in [3.05, 3.63) is 45.9 Å². The second-order valence-corrected chi connectivity index (χ2v) is 9.41. The van der Waals surface area contributed by atoms with Gasteiger partial charge in [-0.2, -0.15) is 0 Å². The van der Waals surface area contributed by atoms with E-state index in [1.54, 1.807) is 18.2 Å². The molecule has 0 saturated heterocycles. The SMILES string of the molecule is CCCN=C(N)N(c1ccccc1Br)c1ccc(Cl)c(S(=O)(=O)N(C)C)c1O. The Kier molecular flexibility index (Phi) is 7.33. The maximum absolute atomic E-state index is 12.7. The minimum Gasteiger partial charge on any atom is -0.504 e. The molecule has 0 radical (unpaired) electrons. The van der Waals surface area contributed by atoms with Crippen LogP contribution in [-0.2, 0) is 10.0 Å². The lowest BCUT2D eigenvalue weighted by Crippen LogP contribution is -2.34. The molecule has 2 rings (SSSR count). The minimum atomic E-state index is -4.00. The smallest absolute Gasteiger partial charge is 0.247 e. The Morgan fingerprint density at radius 3 is 2.43 bits per heavy atom. The largest absolute Gasteiger partial charge is 0.504 e. The average Bonchev–Trinajstić information content (AvgIpc) is 2.63. The van der Waals surface area contributed by atoms with Gasteiger partial charge in [0.15, 0.2) is 5.75 Å². The number of benzene rings is 2. The summed E-state index contributed by atoms with van der Waals surface area (Å²) in [4.78, 5) is 5.42. The molecule has 0 saturated carbocycles. The molecule has 0 bridgehead atoms. The fourth-order valence-corrected chi connectivity index (χ4v) is 4.39. The zero-order valence-electron chi connectivity index (χ0n) is 15.7. The highest BCUT2D eigenvalue weighted by molar-refractivity contribution is 9.10. The predicted molar refractivity (Wildman–Crippen MR) is 117 cm³/mol. The van der Waals surface area contributed by atoms with Gasteiger partial charge in [0.2, 0.25) is 16.0 Å². The lowest BCUT2D eigenvalue weighted by atomic mass is 10.2. The number of nitrogens with zero attached hydrogens (tertiary/aromatic N) is 3. The number of nitrogens with two attached hydrogens (primary N) is 1. The number of anilines is 2. The van der Waals surface area contributed by atoms with Crippen molar-refractivity contribution >= 4 is 54.9 Å². The normalized spacial score (nSPS) is 12.4. The summed E-state index contributed by atoms with van der Waals surface area (Å²) in [5, 5.41) is 10.8. The predicted octanol–water partition coefficient (Wildman–Crippen LogP) is 3.92. The second kappa shape index (κ2) is 9.13. The number of sulfonamides is 1. The van der Waals surface area contributed by atoms with Crippen molar-refractivity contribution in [1.82, 2.24) is 4.31 Å². The van der Waals surface area contributed by atoms with Crippen molar-refractivity contribution in [2.75, 3.05) is 25.5 Å². The molecule has 0 fully saturated rings. The molecule has 0 unspecified atom stereocenters. The molecule has 0 aliphatic carbocycles. The molecule has 0 spiro atoms. The molecule has 2 aromatic carbocycles. The van der Waals surface area contributed by atoms with Crippen LogP contribution in [0.5, 0.6) is 5.75 Å². The van der Waals surface area contributed by atoms with Gasteiger partial charge in [-0.25, -0.2) is 12.7 Å². The van der Waals surface area contributed by atoms with Crippen molar-refractivity contribution in [1.29, 1.82) is 0 Å². The quantitative estimate of drug-likeness (QED) is 0.473. The summed E-state index contributed by atoms with van der Waals surface area (Å²) in [5.41, 5.74) is 6.95. The zero-order valence-corrected chi connectivity index (χ0v) is 18.9. The Morgan fingerprint density at radius 2 is 1.86 bits per heavy atom. The maximum atomic E-state index is 12.7. The van der Waals surface area contributed by atoms with Crippen LogP contribution in [0.4, 0.5) is 11.4 Å². The first-order valence-electron chi connectivity index (χ1n) is 8.41. The molecule has 0 heterocycles. The van der Waals surface area contributed by atoms with Crippen LogP contribution in [0, 0.1) is 0 Å². The Labute approximate surface area is 178 Å². The van der Waals surface area contributed by atoms with Gasteiger partial charge in [-0.1, -0.05) is 30.7 Å². The summed E-state index contributed by atoms with van der Waals surface area (Å²) in [6.07, 6.45) is 0.775. The summed E-state index contributed by atoms with van der Waals surface area (Å²) in [7, 11) is -1.27. The van der Waals surface area contributed by atoms with E-state index in [0.717, 1.165) is 10.7 Å². The number of aromatic hydroxyl groups is 1. The van der Waals surface area contributed by atoms with E-state index in [-0.39, 0.29) is 16.7 Å². The fraction of sp³-hybridized carbons (Fsp3) is 0.278. The number of halogens is 2. The van der Waals surface area contributed by atoms with Crippen molar-refractivity contribution in [2.24, 2.45) is 10.7 Å². The van der Waals surface area contributed by atoms with E-state index < -0.39 is 20.7 Å². The van der Waals surface area contributed by atoms with Gasteiger partial charge in [0, 0.05) is 25.1 Å². The molecular weight excluding hydrogens is 468 g/mol. The van der Waals surface area contributed by atoms with Gasteiger partial charge in [0.05, 0.1) is 16.4 Å². The topological polar surface area (TPSA) is 99.2 Å². The van der Waals surface area contributed by atoms with E-state index in [1.807, 2.05) is 13.0 Å². The zero-order chi connectivity index (χ0) is 21.1. The lowest BCUT2D eigenvalue weighted by Gasteiger charge is -2.27. The molecule has 0 aliphatic heterocycles. The minimum absolute atomic E-state index is 0.0916. The molecule has 0 atom stereocenters. The van der Waals surface area contributed by atoms with Crippen LogP contribution in [0.2, 0.25) is 5.02 Å². The van der Waals surface area contributed by atoms with Crippen LogP contribution < -0.4 is 10.6 Å². The number of para-hydroxylation sites is 1. The second-order valence-electron chi connectivity index (χ2n) is 6.06. The highest BCUT2D eigenvalue weighted by Crippen LogP contribution is 2.43. The third-order valence-electron chi connectivity index (χ3n) is 3.86. The number of hydrogen-bond acceptors (Lipinski definition) is 4. The van der Waals surface area contributed by atoms with Gasteiger partial charge in [-0.3, -0.25) is 9.89 Å². The van der Waals surface area contributed by atoms with Gasteiger partial charge < -0.3 is 10.8 Å². The Morgan fingerprint density at radius 1 is 1.21 bits per heavy atom. The molecule has 0 aromatic heterocycles. The number of aliphatic imine (C=N–C) groups is 1. The van der Waals surface area contributed by atoms with E-state index in [9.17, 15) is 13.5 Å². The number of hydrogen-bond donors (Lipinski definition) is 2. The first kappa shape index (κ1) is 22.5. The molecule has 10 heteroatoms. The third-order valence-corrected chi connectivity index (χ3v) is 6.85. The van der Waals surface area contributed by atoms with Gasteiger partial charge in [-0.15, -0.1) is 0 Å². The summed E-state index contributed by atoms with van der Waals surface area (Å²) >= 11 is 9.58. The molecule has 0 amide bonds. The summed E-state index contributed by atoms with van der Waals surface area (Å²) in [6, 6.07) is 10.1. The summed E-state index contributed by atoms with van der Waals surface area (Å²) < 4.78 is 27.0. The van der Waals surface area contributed by atoms with Gasteiger partial charge in [-0.05, 0) is 46.6 Å². The van der Waals surface area contributed by atoms with Gasteiger partial charge in [0.1, 0.15) is 4.90 Å². The molecule has 0 aliphatic rings. The first-order chi connectivity index (χ1) is 13.1. The van der Waals surface area contributed by atoms with E-state index in [2.05, 4.69) is 20.9 Å². The fourth-order valence-electron chi connectivity index (χ4n) is 2.45.